The largest absolute Gasteiger partial charge is 0.497 e. The fourth-order valence-corrected chi connectivity index (χ4v) is 3.06. The van der Waals surface area contributed by atoms with Gasteiger partial charge in [0.15, 0.2) is 11.5 Å². The molecule has 10 heteroatoms. The van der Waals surface area contributed by atoms with Crippen molar-refractivity contribution in [2.75, 3.05) is 19.5 Å². The SMILES string of the molecule is COc1ccc(-c2nc(NC(=O)c3nnn(-c4ccc(C)cc4)c3C)n[nH]2)c(OC)c1. The van der Waals surface area contributed by atoms with Crippen LogP contribution in [0.2, 0.25) is 0 Å². The fraction of sp³-hybridized carbons (Fsp3) is 0.190. The lowest BCUT2D eigenvalue weighted by molar-refractivity contribution is 0.102. The molecule has 1 amide bonds. The molecule has 31 heavy (non-hydrogen) atoms. The molecule has 2 N–H and O–H groups in total. The molecule has 0 unspecified atom stereocenters. The zero-order chi connectivity index (χ0) is 22.0. The average Bonchev–Trinajstić information content (AvgIpc) is 3.40. The Morgan fingerprint density at radius 3 is 2.55 bits per heavy atom. The second kappa shape index (κ2) is 8.27. The first-order chi connectivity index (χ1) is 15.0. The number of aromatic nitrogens is 6. The number of benzene rings is 2. The molecule has 0 aliphatic heterocycles. The van der Waals surface area contributed by atoms with E-state index < -0.39 is 5.91 Å². The number of H-pyrrole nitrogens is 1. The van der Waals surface area contributed by atoms with Gasteiger partial charge in [0.1, 0.15) is 11.5 Å². The molecule has 2 heterocycles. The number of aromatic amines is 1. The summed E-state index contributed by atoms with van der Waals surface area (Å²) in [6, 6.07) is 13.1. The van der Waals surface area contributed by atoms with Crippen LogP contribution < -0.4 is 14.8 Å². The predicted molar refractivity (Wildman–Crippen MR) is 114 cm³/mol. The van der Waals surface area contributed by atoms with Gasteiger partial charge in [0.05, 0.1) is 31.2 Å². The maximum atomic E-state index is 12.7. The van der Waals surface area contributed by atoms with Gasteiger partial charge in [0.25, 0.3) is 5.91 Å². The number of nitrogens with zero attached hydrogens (tertiary/aromatic N) is 5. The highest BCUT2D eigenvalue weighted by atomic mass is 16.5. The van der Waals surface area contributed by atoms with Gasteiger partial charge in [-0.1, -0.05) is 22.9 Å². The number of anilines is 1. The van der Waals surface area contributed by atoms with Crippen molar-refractivity contribution < 1.29 is 14.3 Å². The summed E-state index contributed by atoms with van der Waals surface area (Å²) < 4.78 is 12.2. The highest BCUT2D eigenvalue weighted by Gasteiger charge is 2.20. The van der Waals surface area contributed by atoms with E-state index in [1.54, 1.807) is 44.0 Å². The second-order valence-corrected chi connectivity index (χ2v) is 6.80. The summed E-state index contributed by atoms with van der Waals surface area (Å²) in [5.74, 6) is 1.31. The van der Waals surface area contributed by atoms with Gasteiger partial charge < -0.3 is 9.47 Å². The van der Waals surface area contributed by atoms with Gasteiger partial charge >= 0.3 is 0 Å². The van der Waals surface area contributed by atoms with Gasteiger partial charge in [0, 0.05) is 6.07 Å². The zero-order valence-electron chi connectivity index (χ0n) is 17.5. The molecule has 0 radical (unpaired) electrons. The zero-order valence-corrected chi connectivity index (χ0v) is 17.5. The first kappa shape index (κ1) is 20.1. The Hall–Kier alpha value is -4.21. The summed E-state index contributed by atoms with van der Waals surface area (Å²) in [7, 11) is 3.13. The van der Waals surface area contributed by atoms with E-state index in [0.717, 1.165) is 11.3 Å². The molecule has 10 nitrogen and oxygen atoms in total. The van der Waals surface area contributed by atoms with Gasteiger partial charge in [0.2, 0.25) is 5.95 Å². The van der Waals surface area contributed by atoms with E-state index in [1.165, 1.54) is 0 Å². The molecule has 0 fully saturated rings. The first-order valence-electron chi connectivity index (χ1n) is 9.45. The van der Waals surface area contributed by atoms with E-state index in [2.05, 4.69) is 30.8 Å². The number of amides is 1. The van der Waals surface area contributed by atoms with Crippen LogP contribution in [0, 0.1) is 13.8 Å². The van der Waals surface area contributed by atoms with E-state index in [1.807, 2.05) is 31.2 Å². The van der Waals surface area contributed by atoms with E-state index in [-0.39, 0.29) is 11.6 Å². The predicted octanol–water partition coefficient (Wildman–Crippen LogP) is 2.94. The fourth-order valence-electron chi connectivity index (χ4n) is 3.06. The number of methoxy groups -OCH3 is 2. The number of ether oxygens (including phenoxy) is 2. The Kier molecular flexibility index (Phi) is 5.35. The van der Waals surface area contributed by atoms with Crippen LogP contribution >= 0.6 is 0 Å². The van der Waals surface area contributed by atoms with Crippen molar-refractivity contribution in [3.8, 4) is 28.6 Å². The van der Waals surface area contributed by atoms with Crippen LogP contribution in [0.15, 0.2) is 42.5 Å². The number of aryl methyl sites for hydroxylation is 1. The Balaban J connectivity index is 1.54. The number of hydrogen-bond acceptors (Lipinski definition) is 7. The highest BCUT2D eigenvalue weighted by molar-refractivity contribution is 6.02. The van der Waals surface area contributed by atoms with Crippen molar-refractivity contribution in [2.24, 2.45) is 0 Å². The summed E-state index contributed by atoms with van der Waals surface area (Å²) >= 11 is 0. The lowest BCUT2D eigenvalue weighted by Gasteiger charge is -2.07. The van der Waals surface area contributed by atoms with E-state index in [0.29, 0.717) is 28.6 Å². The Labute approximate surface area is 178 Å². The quantitative estimate of drug-likeness (QED) is 0.493. The average molecular weight is 419 g/mol. The normalized spacial score (nSPS) is 10.7. The molecular formula is C21H21N7O3. The molecule has 0 saturated heterocycles. The van der Waals surface area contributed by atoms with Gasteiger partial charge in [-0.25, -0.2) is 4.68 Å². The van der Waals surface area contributed by atoms with Crippen LogP contribution in [0.3, 0.4) is 0 Å². The molecule has 0 saturated carbocycles. The van der Waals surface area contributed by atoms with Crippen molar-refractivity contribution in [3.05, 3.63) is 59.4 Å². The third kappa shape index (κ3) is 3.95. The molecule has 0 aliphatic rings. The summed E-state index contributed by atoms with van der Waals surface area (Å²) in [6.07, 6.45) is 0. The molecule has 0 spiro atoms. The standard InChI is InChI=1S/C21H21N7O3/c1-12-5-7-14(8-6-12)28-13(2)18(24-27-28)20(29)23-21-22-19(25-26-21)16-10-9-15(30-3)11-17(16)31-4/h5-11H,1-4H3,(H2,22,23,25,26,29). The molecule has 0 bridgehead atoms. The molecule has 2 aromatic carbocycles. The molecule has 4 rings (SSSR count). The summed E-state index contributed by atoms with van der Waals surface area (Å²) in [5.41, 5.74) is 3.43. The number of rotatable bonds is 6. The number of nitrogens with one attached hydrogen (secondary N) is 2. The van der Waals surface area contributed by atoms with Gasteiger partial charge in [-0.2, -0.15) is 4.98 Å². The third-order valence-corrected chi connectivity index (χ3v) is 4.76. The first-order valence-corrected chi connectivity index (χ1v) is 9.45. The van der Waals surface area contributed by atoms with Crippen LogP contribution in [0.4, 0.5) is 5.95 Å². The van der Waals surface area contributed by atoms with Crippen molar-refractivity contribution in [3.63, 3.8) is 0 Å². The van der Waals surface area contributed by atoms with E-state index in [4.69, 9.17) is 9.47 Å². The molecule has 2 aromatic heterocycles. The minimum absolute atomic E-state index is 0.113. The van der Waals surface area contributed by atoms with Gasteiger partial charge in [-0.05, 0) is 38.1 Å². The molecule has 0 aliphatic carbocycles. The van der Waals surface area contributed by atoms with Crippen LogP contribution in [0.25, 0.3) is 17.1 Å². The number of hydrogen-bond donors (Lipinski definition) is 2. The second-order valence-electron chi connectivity index (χ2n) is 6.80. The molecule has 0 atom stereocenters. The van der Waals surface area contributed by atoms with Gasteiger partial charge in [-0.3, -0.25) is 15.2 Å². The van der Waals surface area contributed by atoms with Crippen LogP contribution in [0.1, 0.15) is 21.7 Å². The van der Waals surface area contributed by atoms with Crippen molar-refractivity contribution >= 4 is 11.9 Å². The van der Waals surface area contributed by atoms with Crippen LogP contribution in [-0.2, 0) is 0 Å². The van der Waals surface area contributed by atoms with E-state index in [9.17, 15) is 4.79 Å². The Morgan fingerprint density at radius 1 is 1.06 bits per heavy atom. The summed E-state index contributed by atoms with van der Waals surface area (Å²) in [4.78, 5) is 17.1. The highest BCUT2D eigenvalue weighted by Crippen LogP contribution is 2.31. The van der Waals surface area contributed by atoms with Crippen molar-refractivity contribution in [1.29, 1.82) is 0 Å². The maximum Gasteiger partial charge on any atom is 0.280 e. The number of carbonyl (C=O) groups is 1. The monoisotopic (exact) mass is 419 g/mol. The van der Waals surface area contributed by atoms with Crippen LogP contribution in [-0.4, -0.2) is 50.3 Å². The maximum absolute atomic E-state index is 12.7. The summed E-state index contributed by atoms with van der Waals surface area (Å²) in [5, 5.41) is 17.6. The lowest BCUT2D eigenvalue weighted by Crippen LogP contribution is -2.15. The Bertz CT molecular complexity index is 1230. The minimum atomic E-state index is -0.455. The molecule has 158 valence electrons. The van der Waals surface area contributed by atoms with Crippen molar-refractivity contribution in [2.45, 2.75) is 13.8 Å². The van der Waals surface area contributed by atoms with Crippen molar-refractivity contribution in [1.82, 2.24) is 30.2 Å². The van der Waals surface area contributed by atoms with E-state index >= 15 is 0 Å². The molecular weight excluding hydrogens is 398 g/mol. The Morgan fingerprint density at radius 2 is 1.84 bits per heavy atom. The lowest BCUT2D eigenvalue weighted by atomic mass is 10.2. The minimum Gasteiger partial charge on any atom is -0.497 e. The smallest absolute Gasteiger partial charge is 0.280 e. The molecule has 4 aromatic rings. The topological polar surface area (TPSA) is 120 Å². The van der Waals surface area contributed by atoms with Crippen LogP contribution in [0.5, 0.6) is 11.5 Å². The summed E-state index contributed by atoms with van der Waals surface area (Å²) in [6.45, 7) is 3.78. The third-order valence-electron chi connectivity index (χ3n) is 4.76. The van der Waals surface area contributed by atoms with Gasteiger partial charge in [-0.15, -0.1) is 10.2 Å². The number of carbonyl (C=O) groups excluding carboxylic acids is 1.